The van der Waals surface area contributed by atoms with Crippen molar-refractivity contribution in [1.82, 2.24) is 4.72 Å². The third-order valence-corrected chi connectivity index (χ3v) is 4.07. The van der Waals surface area contributed by atoms with Crippen LogP contribution in [-0.4, -0.2) is 46.4 Å². The lowest BCUT2D eigenvalue weighted by atomic mass is 10.2. The molecule has 0 heterocycles. The average molecular weight is 317 g/mol. The fraction of sp³-hybridized carbons (Fsp3) is 0.462. The highest BCUT2D eigenvalue weighted by Gasteiger charge is 2.19. The normalized spacial score (nSPS) is 11.3. The van der Waals surface area contributed by atoms with Gasteiger partial charge >= 0.3 is 5.97 Å². The third-order valence-electron chi connectivity index (χ3n) is 2.61. The van der Waals surface area contributed by atoms with E-state index in [1.54, 1.807) is 6.92 Å². The van der Waals surface area contributed by atoms with Crippen molar-refractivity contribution in [1.29, 1.82) is 0 Å². The molecule has 0 amide bonds. The van der Waals surface area contributed by atoms with Crippen LogP contribution in [-0.2, 0) is 14.8 Å². The summed E-state index contributed by atoms with van der Waals surface area (Å²) in [5.74, 6) is -1.10. The molecule has 8 heteroatoms. The quantitative estimate of drug-likeness (QED) is 0.661. The minimum atomic E-state index is -3.75. The molecule has 0 spiro atoms. The van der Waals surface area contributed by atoms with Crippen LogP contribution in [0, 0.1) is 0 Å². The predicted octanol–water partition coefficient (Wildman–Crippen LogP) is 1.10. The van der Waals surface area contributed by atoms with Gasteiger partial charge in [-0.05, 0) is 31.5 Å². The number of carboxylic acid groups (broad SMARTS) is 1. The number of rotatable bonds is 9. The molecule has 0 atom stereocenters. The van der Waals surface area contributed by atoms with Gasteiger partial charge in [-0.2, -0.15) is 0 Å². The molecular weight excluding hydrogens is 298 g/mol. The fourth-order valence-corrected chi connectivity index (χ4v) is 2.73. The Labute approximate surface area is 123 Å². The van der Waals surface area contributed by atoms with Crippen molar-refractivity contribution in [2.24, 2.45) is 0 Å². The van der Waals surface area contributed by atoms with Gasteiger partial charge in [-0.15, -0.1) is 0 Å². The molecule has 0 bridgehead atoms. The summed E-state index contributed by atoms with van der Waals surface area (Å²) in [5, 5.41) is 9.12. The van der Waals surface area contributed by atoms with Crippen LogP contribution in [0.25, 0.3) is 0 Å². The maximum Gasteiger partial charge on any atom is 0.339 e. The van der Waals surface area contributed by atoms with Crippen molar-refractivity contribution in [2.75, 3.05) is 26.9 Å². The van der Waals surface area contributed by atoms with E-state index in [0.29, 0.717) is 19.6 Å². The summed E-state index contributed by atoms with van der Waals surface area (Å²) in [6.07, 6.45) is 0.526. The van der Waals surface area contributed by atoms with Gasteiger partial charge in [-0.1, -0.05) is 0 Å². The lowest BCUT2D eigenvalue weighted by Crippen LogP contribution is -2.25. The van der Waals surface area contributed by atoms with E-state index in [-0.39, 0.29) is 22.8 Å². The Kier molecular flexibility index (Phi) is 6.60. The van der Waals surface area contributed by atoms with Gasteiger partial charge in [0, 0.05) is 20.3 Å². The van der Waals surface area contributed by atoms with E-state index in [1.165, 1.54) is 19.2 Å². The van der Waals surface area contributed by atoms with Crippen LogP contribution >= 0.6 is 0 Å². The maximum atomic E-state index is 12.1. The van der Waals surface area contributed by atoms with Gasteiger partial charge in [-0.3, -0.25) is 0 Å². The number of nitrogens with one attached hydrogen (secondary N) is 1. The molecule has 1 aromatic rings. The molecule has 1 rings (SSSR count). The Morgan fingerprint density at radius 2 is 2.10 bits per heavy atom. The number of ether oxygens (including phenoxy) is 2. The number of methoxy groups -OCH3 is 1. The number of aromatic carboxylic acids is 1. The summed E-state index contributed by atoms with van der Waals surface area (Å²) >= 11 is 0. The first-order valence-corrected chi connectivity index (χ1v) is 7.89. The first-order valence-electron chi connectivity index (χ1n) is 6.41. The Hall–Kier alpha value is -1.64. The standard InChI is InChI=1S/C13H19NO6S/c1-3-20-12-6-5-10(9-11(12)13(15)16)21(17,18)14-7-4-8-19-2/h5-6,9,14H,3-4,7-8H2,1-2H3,(H,15,16). The Balaban J connectivity index is 2.97. The van der Waals surface area contributed by atoms with Crippen LogP contribution in [0.2, 0.25) is 0 Å². The van der Waals surface area contributed by atoms with Crippen LogP contribution in [0.3, 0.4) is 0 Å². The second kappa shape index (κ2) is 7.96. The van der Waals surface area contributed by atoms with Crippen molar-refractivity contribution in [3.05, 3.63) is 23.8 Å². The maximum absolute atomic E-state index is 12.1. The minimum absolute atomic E-state index is 0.110. The smallest absolute Gasteiger partial charge is 0.339 e. The molecule has 21 heavy (non-hydrogen) atoms. The predicted molar refractivity (Wildman–Crippen MR) is 76.3 cm³/mol. The average Bonchev–Trinajstić information content (AvgIpc) is 2.44. The molecule has 118 valence electrons. The minimum Gasteiger partial charge on any atom is -0.493 e. The highest BCUT2D eigenvalue weighted by atomic mass is 32.2. The van der Waals surface area contributed by atoms with E-state index >= 15 is 0 Å². The highest BCUT2D eigenvalue weighted by molar-refractivity contribution is 7.89. The summed E-state index contributed by atoms with van der Waals surface area (Å²) in [6, 6.07) is 3.75. The van der Waals surface area contributed by atoms with Crippen LogP contribution in [0.5, 0.6) is 5.75 Å². The van der Waals surface area contributed by atoms with Crippen molar-refractivity contribution >= 4 is 16.0 Å². The first kappa shape index (κ1) is 17.4. The van der Waals surface area contributed by atoms with Gasteiger partial charge < -0.3 is 14.6 Å². The second-order valence-corrected chi connectivity index (χ2v) is 5.91. The lowest BCUT2D eigenvalue weighted by molar-refractivity contribution is 0.0692. The van der Waals surface area contributed by atoms with Gasteiger partial charge in [0.05, 0.1) is 11.5 Å². The summed E-state index contributed by atoms with van der Waals surface area (Å²) in [7, 11) is -2.23. The molecule has 0 saturated heterocycles. The van der Waals surface area contributed by atoms with Crippen LogP contribution in [0.1, 0.15) is 23.7 Å². The van der Waals surface area contributed by atoms with Crippen molar-refractivity contribution in [2.45, 2.75) is 18.2 Å². The van der Waals surface area contributed by atoms with E-state index in [4.69, 9.17) is 14.6 Å². The zero-order valence-corrected chi connectivity index (χ0v) is 12.8. The number of carboxylic acids is 1. The zero-order chi connectivity index (χ0) is 15.9. The molecule has 0 radical (unpaired) electrons. The van der Waals surface area contributed by atoms with Gasteiger partial charge in [0.2, 0.25) is 10.0 Å². The Bertz CT molecular complexity index is 584. The molecule has 1 aromatic carbocycles. The van der Waals surface area contributed by atoms with Gasteiger partial charge in [0.1, 0.15) is 11.3 Å². The molecule has 0 aliphatic rings. The monoisotopic (exact) mass is 317 g/mol. The SMILES string of the molecule is CCOc1ccc(S(=O)(=O)NCCCOC)cc1C(=O)O. The molecule has 0 saturated carbocycles. The zero-order valence-electron chi connectivity index (χ0n) is 12.0. The van der Waals surface area contributed by atoms with Crippen LogP contribution in [0.15, 0.2) is 23.1 Å². The molecule has 0 aliphatic heterocycles. The van der Waals surface area contributed by atoms with E-state index < -0.39 is 16.0 Å². The summed E-state index contributed by atoms with van der Waals surface area (Å²) in [5.41, 5.74) is -0.184. The molecule has 0 aliphatic carbocycles. The molecule has 7 nitrogen and oxygen atoms in total. The van der Waals surface area contributed by atoms with E-state index in [0.717, 1.165) is 6.07 Å². The number of carbonyl (C=O) groups is 1. The Morgan fingerprint density at radius 3 is 2.67 bits per heavy atom. The first-order chi connectivity index (χ1) is 9.92. The number of benzene rings is 1. The second-order valence-electron chi connectivity index (χ2n) is 4.14. The number of sulfonamides is 1. The van der Waals surface area contributed by atoms with Crippen LogP contribution in [0.4, 0.5) is 0 Å². The largest absolute Gasteiger partial charge is 0.493 e. The fourth-order valence-electron chi connectivity index (χ4n) is 1.63. The Morgan fingerprint density at radius 1 is 1.38 bits per heavy atom. The van der Waals surface area contributed by atoms with Crippen molar-refractivity contribution in [3.63, 3.8) is 0 Å². The van der Waals surface area contributed by atoms with E-state index in [2.05, 4.69) is 4.72 Å². The van der Waals surface area contributed by atoms with Crippen molar-refractivity contribution in [3.8, 4) is 5.75 Å². The van der Waals surface area contributed by atoms with Crippen LogP contribution < -0.4 is 9.46 Å². The van der Waals surface area contributed by atoms with Gasteiger partial charge in [0.25, 0.3) is 0 Å². The number of hydrogen-bond acceptors (Lipinski definition) is 5. The number of hydrogen-bond donors (Lipinski definition) is 2. The van der Waals surface area contributed by atoms with Gasteiger partial charge in [-0.25, -0.2) is 17.9 Å². The lowest BCUT2D eigenvalue weighted by Gasteiger charge is -2.10. The summed E-state index contributed by atoms with van der Waals surface area (Å²) in [4.78, 5) is 11.1. The van der Waals surface area contributed by atoms with Crippen molar-refractivity contribution < 1.29 is 27.8 Å². The molecule has 0 aromatic heterocycles. The highest BCUT2D eigenvalue weighted by Crippen LogP contribution is 2.22. The van der Waals surface area contributed by atoms with E-state index in [9.17, 15) is 13.2 Å². The topological polar surface area (TPSA) is 102 Å². The van der Waals surface area contributed by atoms with E-state index in [1.807, 2.05) is 0 Å². The molecule has 0 fully saturated rings. The molecular formula is C13H19NO6S. The molecule has 2 N–H and O–H groups in total. The summed E-state index contributed by atoms with van der Waals surface area (Å²) < 4.78 is 36.5. The van der Waals surface area contributed by atoms with Gasteiger partial charge in [0.15, 0.2) is 0 Å². The third kappa shape index (κ3) is 5.00. The summed E-state index contributed by atoms with van der Waals surface area (Å²) in [6.45, 7) is 2.66. The molecule has 0 unspecified atom stereocenters.